The van der Waals surface area contributed by atoms with Gasteiger partial charge in [-0.2, -0.15) is 5.10 Å². The van der Waals surface area contributed by atoms with E-state index in [0.29, 0.717) is 5.56 Å². The van der Waals surface area contributed by atoms with Crippen LogP contribution >= 0.6 is 0 Å². The Hall–Kier alpha value is -4.41. The van der Waals surface area contributed by atoms with Gasteiger partial charge in [0.15, 0.2) is 11.6 Å². The second-order valence-corrected chi connectivity index (χ2v) is 8.64. The smallest absolute Gasteiger partial charge is 0.412 e. The van der Waals surface area contributed by atoms with Crippen LogP contribution in [0, 0.1) is 11.6 Å². The monoisotopic (exact) mass is 498 g/mol. The summed E-state index contributed by atoms with van der Waals surface area (Å²) in [6.45, 7) is 4.88. The van der Waals surface area contributed by atoms with Gasteiger partial charge in [-0.1, -0.05) is 12.1 Å². The number of aromatic nitrogens is 3. The summed E-state index contributed by atoms with van der Waals surface area (Å²) in [4.78, 5) is 43.1. The van der Waals surface area contributed by atoms with E-state index in [1.807, 2.05) is 0 Å². The Morgan fingerprint density at radius 1 is 1.06 bits per heavy atom. The summed E-state index contributed by atoms with van der Waals surface area (Å²) in [6.07, 6.45) is 1.65. The van der Waals surface area contributed by atoms with Gasteiger partial charge in [-0.05, 0) is 56.7 Å². The highest BCUT2D eigenvalue weighted by Gasteiger charge is 2.29. The molecule has 0 saturated heterocycles. The number of nitrogens with zero attached hydrogens (tertiary/aromatic N) is 3. The van der Waals surface area contributed by atoms with Gasteiger partial charge in [0.1, 0.15) is 23.6 Å². The fourth-order valence-corrected chi connectivity index (χ4v) is 3.27. The summed E-state index contributed by atoms with van der Waals surface area (Å²) in [5.41, 5.74) is -1.62. The second kappa shape index (κ2) is 10.5. The Morgan fingerprint density at radius 3 is 2.28 bits per heavy atom. The van der Waals surface area contributed by atoms with Crippen molar-refractivity contribution in [2.24, 2.45) is 7.05 Å². The molecule has 1 amide bonds. The van der Waals surface area contributed by atoms with Crippen molar-refractivity contribution in [1.82, 2.24) is 14.8 Å². The van der Waals surface area contributed by atoms with Crippen molar-refractivity contribution in [2.75, 3.05) is 12.4 Å². The molecule has 0 bridgehead atoms. The van der Waals surface area contributed by atoms with Crippen LogP contribution in [-0.4, -0.2) is 45.3 Å². The zero-order valence-electron chi connectivity index (χ0n) is 20.3. The van der Waals surface area contributed by atoms with E-state index in [2.05, 4.69) is 15.4 Å². The summed E-state index contributed by atoms with van der Waals surface area (Å²) in [5, 5.41) is 6.32. The molecule has 0 fully saturated rings. The number of aryl methyl sites for hydroxylation is 1. The molecule has 0 aliphatic rings. The maximum absolute atomic E-state index is 14.5. The number of methoxy groups -OCH3 is 1. The van der Waals surface area contributed by atoms with Crippen LogP contribution in [0.3, 0.4) is 0 Å². The number of ether oxygens (including phenoxy) is 2. The van der Waals surface area contributed by atoms with Crippen LogP contribution in [0.1, 0.15) is 52.9 Å². The van der Waals surface area contributed by atoms with Crippen LogP contribution in [0.25, 0.3) is 11.6 Å². The predicted molar refractivity (Wildman–Crippen MR) is 127 cm³/mol. The number of rotatable bonds is 6. The van der Waals surface area contributed by atoms with Gasteiger partial charge in [0.25, 0.3) is 0 Å². The summed E-state index contributed by atoms with van der Waals surface area (Å²) in [5.74, 6) is -3.09. The van der Waals surface area contributed by atoms with Gasteiger partial charge in [0.05, 0.1) is 29.5 Å². The number of benzene rings is 2. The average Bonchev–Trinajstić information content (AvgIpc) is 3.21. The number of carbonyl (C=O) groups excluding carboxylic acids is 3. The molecule has 0 aliphatic carbocycles. The first-order chi connectivity index (χ1) is 16.9. The largest absolute Gasteiger partial charge is 0.465 e. The number of anilines is 1. The van der Waals surface area contributed by atoms with Crippen LogP contribution in [0.2, 0.25) is 0 Å². The third-order valence-corrected chi connectivity index (χ3v) is 4.75. The van der Waals surface area contributed by atoms with E-state index in [-0.39, 0.29) is 22.6 Å². The molecule has 0 radical (unpaired) electrons. The van der Waals surface area contributed by atoms with Crippen molar-refractivity contribution in [3.8, 4) is 0 Å². The summed E-state index contributed by atoms with van der Waals surface area (Å²) in [6, 6.07) is 6.99. The molecule has 0 saturated carbocycles. The Bertz CT molecular complexity index is 1340. The molecule has 0 unspecified atom stereocenters. The first kappa shape index (κ1) is 26.2. The zero-order chi connectivity index (χ0) is 26.6. The maximum Gasteiger partial charge on any atom is 0.412 e. The van der Waals surface area contributed by atoms with E-state index >= 15 is 0 Å². The number of hydrogen-bond donors (Lipinski definition) is 1. The Balaban J connectivity index is 2.24. The molecule has 0 atom stereocenters. The van der Waals surface area contributed by atoms with Crippen molar-refractivity contribution >= 4 is 35.2 Å². The number of halogens is 2. The first-order valence-electron chi connectivity index (χ1n) is 10.7. The van der Waals surface area contributed by atoms with Crippen LogP contribution in [-0.2, 0) is 16.5 Å². The quantitative estimate of drug-likeness (QED) is 0.299. The Morgan fingerprint density at radius 2 is 1.72 bits per heavy atom. The van der Waals surface area contributed by atoms with Crippen LogP contribution in [0.15, 0.2) is 42.7 Å². The van der Waals surface area contributed by atoms with Crippen molar-refractivity contribution in [3.63, 3.8) is 0 Å². The molecule has 9 nitrogen and oxygen atoms in total. The second-order valence-electron chi connectivity index (χ2n) is 8.64. The number of esters is 1. The van der Waals surface area contributed by atoms with E-state index in [0.717, 1.165) is 19.2 Å². The summed E-state index contributed by atoms with van der Waals surface area (Å²) >= 11 is 0. The molecule has 36 heavy (non-hydrogen) atoms. The first-order valence-corrected chi connectivity index (χ1v) is 10.7. The molecule has 11 heteroatoms. The number of Topliss-reactive ketones (excluding diaryl/α,β-unsaturated/α-hetero) is 1. The zero-order valence-corrected chi connectivity index (χ0v) is 20.3. The fourth-order valence-electron chi connectivity index (χ4n) is 3.27. The standard InChI is InChI=1S/C25H24F2N4O5/c1-25(2,3)36-24(34)30-19-12-16(27)11-17(23(33)35-5)20(19)21(32)18(22-28-13-29-31(22)4)10-14-6-8-15(26)9-7-14/h6-13H,1-5H3,(H,30,34). The molecule has 1 aromatic heterocycles. The van der Waals surface area contributed by atoms with Gasteiger partial charge in [0.2, 0.25) is 0 Å². The number of ketones is 1. The molecular formula is C25H24F2N4O5. The van der Waals surface area contributed by atoms with Gasteiger partial charge >= 0.3 is 12.1 Å². The number of allylic oxidation sites excluding steroid dienone is 1. The van der Waals surface area contributed by atoms with E-state index in [1.165, 1.54) is 41.4 Å². The third-order valence-electron chi connectivity index (χ3n) is 4.75. The molecule has 2 aromatic carbocycles. The number of nitrogens with one attached hydrogen (secondary N) is 1. The lowest BCUT2D eigenvalue weighted by Gasteiger charge is -2.21. The predicted octanol–water partition coefficient (Wildman–Crippen LogP) is 4.65. The number of amides is 1. The molecule has 1 heterocycles. The van der Waals surface area contributed by atoms with Gasteiger partial charge in [-0.15, -0.1) is 0 Å². The lowest BCUT2D eigenvalue weighted by molar-refractivity contribution is 0.0593. The molecule has 3 aromatic rings. The normalized spacial score (nSPS) is 11.7. The lowest BCUT2D eigenvalue weighted by atomic mass is 9.94. The van der Waals surface area contributed by atoms with E-state index < -0.39 is 40.6 Å². The van der Waals surface area contributed by atoms with Gasteiger partial charge < -0.3 is 9.47 Å². The molecule has 188 valence electrons. The highest BCUT2D eigenvalue weighted by molar-refractivity contribution is 6.35. The Labute approximate surface area is 205 Å². The molecule has 0 aliphatic heterocycles. The average molecular weight is 498 g/mol. The Kier molecular flexibility index (Phi) is 7.62. The van der Waals surface area contributed by atoms with Crippen molar-refractivity contribution in [1.29, 1.82) is 0 Å². The topological polar surface area (TPSA) is 112 Å². The van der Waals surface area contributed by atoms with Crippen LogP contribution in [0.5, 0.6) is 0 Å². The number of carbonyl (C=O) groups is 3. The SMILES string of the molecule is COC(=O)c1cc(F)cc(NC(=O)OC(C)(C)C)c1C(=O)C(=Cc1ccc(F)cc1)c1ncnn1C. The van der Waals surface area contributed by atoms with E-state index in [1.54, 1.807) is 27.8 Å². The van der Waals surface area contributed by atoms with Crippen molar-refractivity contribution in [3.05, 3.63) is 76.9 Å². The molecular weight excluding hydrogens is 474 g/mol. The summed E-state index contributed by atoms with van der Waals surface area (Å²) < 4.78 is 39.2. The fraction of sp³-hybridized carbons (Fsp3) is 0.240. The lowest BCUT2D eigenvalue weighted by Crippen LogP contribution is -2.28. The summed E-state index contributed by atoms with van der Waals surface area (Å²) in [7, 11) is 2.61. The molecule has 0 spiro atoms. The van der Waals surface area contributed by atoms with Crippen molar-refractivity contribution in [2.45, 2.75) is 26.4 Å². The highest BCUT2D eigenvalue weighted by Crippen LogP contribution is 2.30. The van der Waals surface area contributed by atoms with E-state index in [9.17, 15) is 23.2 Å². The number of hydrogen-bond acceptors (Lipinski definition) is 7. The highest BCUT2D eigenvalue weighted by atomic mass is 19.1. The molecule has 3 rings (SSSR count). The minimum Gasteiger partial charge on any atom is -0.465 e. The van der Waals surface area contributed by atoms with Gasteiger partial charge in [-0.25, -0.2) is 28.0 Å². The maximum atomic E-state index is 14.5. The van der Waals surface area contributed by atoms with Gasteiger partial charge in [-0.3, -0.25) is 10.1 Å². The van der Waals surface area contributed by atoms with Crippen molar-refractivity contribution < 1.29 is 32.6 Å². The minimum absolute atomic E-state index is 0.0643. The van der Waals surface area contributed by atoms with E-state index in [4.69, 9.17) is 9.47 Å². The third kappa shape index (κ3) is 6.17. The minimum atomic E-state index is -1.01. The molecule has 1 N–H and O–H groups in total. The van der Waals surface area contributed by atoms with Gasteiger partial charge in [0, 0.05) is 7.05 Å². The van der Waals surface area contributed by atoms with Crippen LogP contribution in [0.4, 0.5) is 19.3 Å². The van der Waals surface area contributed by atoms with Crippen LogP contribution < -0.4 is 5.32 Å².